The first-order valence-corrected chi connectivity index (χ1v) is 4.23. The Morgan fingerprint density at radius 3 is 2.67 bits per heavy atom. The molecule has 0 aliphatic rings. The minimum atomic E-state index is -2.75. The van der Waals surface area contributed by atoms with Gasteiger partial charge >= 0.3 is 0 Å². The second kappa shape index (κ2) is 4.66. The van der Waals surface area contributed by atoms with E-state index in [1.807, 2.05) is 0 Å². The zero-order chi connectivity index (χ0) is 11.4. The molecule has 0 spiro atoms. The molecule has 4 nitrogen and oxygen atoms in total. The quantitative estimate of drug-likeness (QED) is 0.785. The predicted molar refractivity (Wildman–Crippen MR) is 50.8 cm³/mol. The zero-order valence-electron chi connectivity index (χ0n) is 7.87. The minimum absolute atomic E-state index is 0.00700. The molecule has 0 aliphatic carbocycles. The molecule has 0 amide bonds. The van der Waals surface area contributed by atoms with Crippen LogP contribution in [0.3, 0.4) is 0 Å². The lowest BCUT2D eigenvalue weighted by atomic mass is 10.0. The van der Waals surface area contributed by atoms with Crippen LogP contribution in [0, 0.1) is 11.3 Å². The van der Waals surface area contributed by atoms with E-state index in [9.17, 15) is 8.78 Å². The lowest BCUT2D eigenvalue weighted by molar-refractivity contribution is 0.145. The number of aromatic nitrogens is 1. The van der Waals surface area contributed by atoms with Gasteiger partial charge in [0.2, 0.25) is 0 Å². The van der Waals surface area contributed by atoms with Crippen LogP contribution in [-0.4, -0.2) is 4.98 Å². The highest BCUT2D eigenvalue weighted by Gasteiger charge is 2.18. The monoisotopic (exact) mass is 212 g/mol. The lowest BCUT2D eigenvalue weighted by Gasteiger charge is -2.10. The van der Waals surface area contributed by atoms with Crippen LogP contribution in [0.1, 0.15) is 23.2 Å². The van der Waals surface area contributed by atoms with Crippen molar-refractivity contribution in [1.82, 2.24) is 4.98 Å². The molecule has 1 rings (SSSR count). The SMILES string of the molecule is N#CCc1c(CN)cc(N)nc1C(F)F. The van der Waals surface area contributed by atoms with Crippen LogP contribution in [0.5, 0.6) is 0 Å². The van der Waals surface area contributed by atoms with E-state index in [1.54, 1.807) is 6.07 Å². The maximum atomic E-state index is 12.6. The van der Waals surface area contributed by atoms with Gasteiger partial charge in [-0.2, -0.15) is 5.26 Å². The molecule has 0 unspecified atom stereocenters. The van der Waals surface area contributed by atoms with Gasteiger partial charge in [0.05, 0.1) is 12.5 Å². The number of halogens is 2. The molecule has 0 aliphatic heterocycles. The van der Waals surface area contributed by atoms with Gasteiger partial charge in [-0.15, -0.1) is 0 Å². The van der Waals surface area contributed by atoms with Gasteiger partial charge in [0.25, 0.3) is 6.43 Å². The van der Waals surface area contributed by atoms with E-state index in [1.165, 1.54) is 6.07 Å². The number of nitriles is 1. The summed E-state index contributed by atoms with van der Waals surface area (Å²) in [7, 11) is 0. The molecular formula is C9H10F2N4. The average Bonchev–Trinajstić information content (AvgIpc) is 2.19. The number of anilines is 1. The van der Waals surface area contributed by atoms with E-state index < -0.39 is 12.1 Å². The largest absolute Gasteiger partial charge is 0.384 e. The van der Waals surface area contributed by atoms with E-state index in [4.69, 9.17) is 16.7 Å². The number of nitrogens with two attached hydrogens (primary N) is 2. The molecule has 0 radical (unpaired) electrons. The molecule has 1 aromatic heterocycles. The van der Waals surface area contributed by atoms with Crippen molar-refractivity contribution in [3.8, 4) is 6.07 Å². The number of nitrogens with zero attached hydrogens (tertiary/aromatic N) is 2. The smallest absolute Gasteiger partial charge is 0.280 e. The van der Waals surface area contributed by atoms with Crippen molar-refractivity contribution in [3.05, 3.63) is 22.9 Å². The molecule has 4 N–H and O–H groups in total. The Hall–Kier alpha value is -1.74. The number of hydrogen-bond donors (Lipinski definition) is 2. The normalized spacial score (nSPS) is 10.3. The molecule has 6 heteroatoms. The fourth-order valence-corrected chi connectivity index (χ4v) is 1.31. The predicted octanol–water partition coefficient (Wildman–Crippen LogP) is 1.13. The molecule has 0 saturated heterocycles. The maximum absolute atomic E-state index is 12.6. The Bertz CT molecular complexity index is 398. The van der Waals surface area contributed by atoms with Gasteiger partial charge in [0.15, 0.2) is 0 Å². The number of nitrogen functional groups attached to an aromatic ring is 1. The van der Waals surface area contributed by atoms with Crippen LogP contribution in [0.2, 0.25) is 0 Å². The number of hydrogen-bond acceptors (Lipinski definition) is 4. The number of pyridine rings is 1. The van der Waals surface area contributed by atoms with Crippen molar-refractivity contribution >= 4 is 5.82 Å². The highest BCUT2D eigenvalue weighted by molar-refractivity contribution is 5.43. The molecular weight excluding hydrogens is 202 g/mol. The Morgan fingerprint density at radius 2 is 2.20 bits per heavy atom. The summed E-state index contributed by atoms with van der Waals surface area (Å²) in [5.41, 5.74) is 10.9. The molecule has 0 fully saturated rings. The van der Waals surface area contributed by atoms with Gasteiger partial charge in [-0.3, -0.25) is 0 Å². The first kappa shape index (κ1) is 11.3. The van der Waals surface area contributed by atoms with Crippen LogP contribution >= 0.6 is 0 Å². The summed E-state index contributed by atoms with van der Waals surface area (Å²) in [5, 5.41) is 8.52. The Morgan fingerprint density at radius 1 is 1.53 bits per heavy atom. The maximum Gasteiger partial charge on any atom is 0.280 e. The van der Waals surface area contributed by atoms with E-state index in [2.05, 4.69) is 4.98 Å². The van der Waals surface area contributed by atoms with Gasteiger partial charge in [-0.05, 0) is 17.2 Å². The second-order valence-corrected chi connectivity index (χ2v) is 2.91. The number of rotatable bonds is 3. The van der Waals surface area contributed by atoms with Crippen molar-refractivity contribution < 1.29 is 8.78 Å². The zero-order valence-corrected chi connectivity index (χ0v) is 7.87. The van der Waals surface area contributed by atoms with E-state index in [0.717, 1.165) is 0 Å². The highest BCUT2D eigenvalue weighted by atomic mass is 19.3. The van der Waals surface area contributed by atoms with Gasteiger partial charge in [-0.1, -0.05) is 0 Å². The molecule has 1 heterocycles. The van der Waals surface area contributed by atoms with Crippen LogP contribution in [0.25, 0.3) is 0 Å². The van der Waals surface area contributed by atoms with Crippen molar-refractivity contribution in [1.29, 1.82) is 5.26 Å². The van der Waals surface area contributed by atoms with Crippen molar-refractivity contribution in [2.45, 2.75) is 19.4 Å². The van der Waals surface area contributed by atoms with Gasteiger partial charge < -0.3 is 11.5 Å². The van der Waals surface area contributed by atoms with Crippen molar-refractivity contribution in [2.24, 2.45) is 5.73 Å². The fourth-order valence-electron chi connectivity index (χ4n) is 1.31. The summed E-state index contributed by atoms with van der Waals surface area (Å²) < 4.78 is 25.2. The third-order valence-corrected chi connectivity index (χ3v) is 1.95. The van der Waals surface area contributed by atoms with Crippen molar-refractivity contribution in [2.75, 3.05) is 5.73 Å². The summed E-state index contributed by atoms with van der Waals surface area (Å²) in [5.74, 6) is -0.00700. The second-order valence-electron chi connectivity index (χ2n) is 2.91. The molecule has 0 aromatic carbocycles. The van der Waals surface area contributed by atoms with Crippen LogP contribution in [-0.2, 0) is 13.0 Å². The lowest BCUT2D eigenvalue weighted by Crippen LogP contribution is -2.09. The molecule has 0 atom stereocenters. The van der Waals surface area contributed by atoms with E-state index >= 15 is 0 Å². The van der Waals surface area contributed by atoms with E-state index in [-0.39, 0.29) is 24.3 Å². The molecule has 15 heavy (non-hydrogen) atoms. The van der Waals surface area contributed by atoms with E-state index in [0.29, 0.717) is 5.56 Å². The Labute approximate surface area is 85.5 Å². The molecule has 0 saturated carbocycles. The van der Waals surface area contributed by atoms with Crippen LogP contribution < -0.4 is 11.5 Å². The third kappa shape index (κ3) is 2.39. The van der Waals surface area contributed by atoms with Gasteiger partial charge in [-0.25, -0.2) is 13.8 Å². The standard InChI is InChI=1S/C9H10F2N4/c10-9(11)8-6(1-2-12)5(4-13)3-7(14)15-8/h3,9H,1,4,13H2,(H2,14,15). The van der Waals surface area contributed by atoms with Crippen LogP contribution in [0.4, 0.5) is 14.6 Å². The Balaban J connectivity index is 3.34. The first-order chi connectivity index (χ1) is 7.10. The van der Waals surface area contributed by atoms with Crippen LogP contribution in [0.15, 0.2) is 6.07 Å². The molecule has 1 aromatic rings. The average molecular weight is 212 g/mol. The third-order valence-electron chi connectivity index (χ3n) is 1.95. The van der Waals surface area contributed by atoms with Gasteiger partial charge in [0, 0.05) is 6.54 Å². The number of alkyl halides is 2. The summed E-state index contributed by atoms with van der Waals surface area (Å²) in [4.78, 5) is 3.52. The topological polar surface area (TPSA) is 88.7 Å². The summed E-state index contributed by atoms with van der Waals surface area (Å²) in [6.07, 6.45) is -2.89. The fraction of sp³-hybridized carbons (Fsp3) is 0.333. The first-order valence-electron chi connectivity index (χ1n) is 4.23. The molecule has 80 valence electrons. The minimum Gasteiger partial charge on any atom is -0.384 e. The van der Waals surface area contributed by atoms with Crippen molar-refractivity contribution in [3.63, 3.8) is 0 Å². The highest BCUT2D eigenvalue weighted by Crippen LogP contribution is 2.25. The van der Waals surface area contributed by atoms with Gasteiger partial charge in [0.1, 0.15) is 11.5 Å². The summed E-state index contributed by atoms with van der Waals surface area (Å²) in [6.45, 7) is 0.0590. The Kier molecular flexibility index (Phi) is 3.52. The summed E-state index contributed by atoms with van der Waals surface area (Å²) in [6, 6.07) is 3.22. The summed E-state index contributed by atoms with van der Waals surface area (Å²) >= 11 is 0. The molecule has 0 bridgehead atoms.